The zero-order chi connectivity index (χ0) is 26.7. The number of nitrogens with two attached hydrogens (primary N) is 1. The molecule has 1 fully saturated rings. The first-order valence-corrected chi connectivity index (χ1v) is 11.8. The third-order valence-electron chi connectivity index (χ3n) is 6.47. The van der Waals surface area contributed by atoms with E-state index in [4.69, 9.17) is 22.7 Å². The molecule has 0 amide bonds. The fraction of sp³-hybridized carbons (Fsp3) is 0.480. The summed E-state index contributed by atoms with van der Waals surface area (Å²) in [6, 6.07) is 10.7. The van der Waals surface area contributed by atoms with E-state index in [0.717, 1.165) is 5.56 Å². The lowest BCUT2D eigenvalue weighted by molar-refractivity contribution is -0.143. The molecule has 0 bridgehead atoms. The van der Waals surface area contributed by atoms with E-state index in [1.807, 2.05) is 35.2 Å². The number of nitrogens with zero attached hydrogens (tertiary/aromatic N) is 1. The number of hydrogen-bond donors (Lipinski definition) is 2. The van der Waals surface area contributed by atoms with Gasteiger partial charge in [0.25, 0.3) is 0 Å². The number of benzene rings is 2. The second-order valence-corrected chi connectivity index (χ2v) is 9.61. The Labute approximate surface area is 211 Å². The van der Waals surface area contributed by atoms with Gasteiger partial charge < -0.3 is 15.6 Å². The van der Waals surface area contributed by atoms with Gasteiger partial charge in [0.15, 0.2) is 0 Å². The van der Waals surface area contributed by atoms with Crippen molar-refractivity contribution in [2.24, 2.45) is 5.73 Å². The topological polar surface area (TPSA) is 58.7 Å². The van der Waals surface area contributed by atoms with Crippen molar-refractivity contribution in [1.29, 1.82) is 0 Å². The van der Waals surface area contributed by atoms with Gasteiger partial charge in [-0.2, -0.15) is 26.3 Å². The molecule has 0 aliphatic carbocycles. The minimum atomic E-state index is -4.95. The maximum Gasteiger partial charge on any atom is 0.416 e. The fourth-order valence-electron chi connectivity index (χ4n) is 4.61. The Kier molecular flexibility index (Phi) is 8.70. The molecule has 1 aliphatic rings. The van der Waals surface area contributed by atoms with Crippen LogP contribution >= 0.6 is 12.2 Å². The molecule has 0 spiro atoms. The third-order valence-corrected chi connectivity index (χ3v) is 6.60. The summed E-state index contributed by atoms with van der Waals surface area (Å²) in [5.74, 6) is 0. The third kappa shape index (κ3) is 6.76. The zero-order valence-electron chi connectivity index (χ0n) is 19.6. The van der Waals surface area contributed by atoms with Gasteiger partial charge in [-0.1, -0.05) is 42.5 Å². The van der Waals surface area contributed by atoms with E-state index in [-0.39, 0.29) is 36.3 Å². The van der Waals surface area contributed by atoms with Crippen LogP contribution in [0.5, 0.6) is 0 Å². The highest BCUT2D eigenvalue weighted by molar-refractivity contribution is 7.80. The van der Waals surface area contributed by atoms with Crippen LogP contribution in [0, 0.1) is 0 Å². The second-order valence-electron chi connectivity index (χ2n) is 9.08. The van der Waals surface area contributed by atoms with Crippen LogP contribution in [0.1, 0.15) is 54.5 Å². The molecule has 3 rings (SSSR count). The van der Waals surface area contributed by atoms with Crippen LogP contribution in [0.25, 0.3) is 0 Å². The zero-order valence-corrected chi connectivity index (χ0v) is 20.4. The first-order valence-electron chi connectivity index (χ1n) is 11.4. The quantitative estimate of drug-likeness (QED) is 0.346. The van der Waals surface area contributed by atoms with Crippen molar-refractivity contribution in [2.45, 2.75) is 56.3 Å². The Morgan fingerprint density at radius 3 is 2.22 bits per heavy atom. The van der Waals surface area contributed by atoms with Gasteiger partial charge in [0.05, 0.1) is 40.5 Å². The molecule has 2 aromatic carbocycles. The monoisotopic (exact) mass is 534 g/mol. The molecule has 2 aromatic rings. The molecule has 0 radical (unpaired) electrons. The molecule has 1 saturated heterocycles. The Morgan fingerprint density at radius 1 is 1.11 bits per heavy atom. The molecule has 0 unspecified atom stereocenters. The van der Waals surface area contributed by atoms with Crippen molar-refractivity contribution in [1.82, 2.24) is 4.90 Å². The molecule has 3 N–H and O–H groups in total. The lowest BCUT2D eigenvalue weighted by Gasteiger charge is -2.44. The smallest absolute Gasteiger partial charge is 0.392 e. The predicted molar refractivity (Wildman–Crippen MR) is 127 cm³/mol. The van der Waals surface area contributed by atoms with Crippen molar-refractivity contribution in [2.75, 3.05) is 19.7 Å². The summed E-state index contributed by atoms with van der Waals surface area (Å²) in [5, 5.41) is 10.4. The maximum absolute atomic E-state index is 13.4. The van der Waals surface area contributed by atoms with E-state index in [1.165, 1.54) is 6.92 Å². The number of aliphatic hydroxyl groups is 1. The summed E-state index contributed by atoms with van der Waals surface area (Å²) in [6.07, 6.45) is -10.0. The van der Waals surface area contributed by atoms with E-state index < -0.39 is 41.2 Å². The second kappa shape index (κ2) is 11.0. The van der Waals surface area contributed by atoms with Gasteiger partial charge in [-0.3, -0.25) is 4.90 Å². The van der Waals surface area contributed by atoms with Crippen LogP contribution in [-0.2, 0) is 22.6 Å². The average Bonchev–Trinajstić information content (AvgIpc) is 2.94. The van der Waals surface area contributed by atoms with Gasteiger partial charge in [0, 0.05) is 13.1 Å². The fourth-order valence-corrected chi connectivity index (χ4v) is 4.76. The summed E-state index contributed by atoms with van der Waals surface area (Å²) in [7, 11) is 0. The van der Waals surface area contributed by atoms with Gasteiger partial charge in [-0.25, -0.2) is 0 Å². The van der Waals surface area contributed by atoms with Gasteiger partial charge in [-0.15, -0.1) is 0 Å². The number of rotatable bonds is 7. The van der Waals surface area contributed by atoms with E-state index in [2.05, 4.69) is 0 Å². The SMILES string of the molecule is C[C@@H](OC[C@@]1(c2ccccc2)CCC[C@H](O)CN1CC(N)=S)c1cc(C(F)(F)F)cc(C(F)(F)F)c1. The van der Waals surface area contributed by atoms with Crippen molar-refractivity contribution in [3.05, 3.63) is 70.8 Å². The van der Waals surface area contributed by atoms with E-state index in [1.54, 1.807) is 0 Å². The number of ether oxygens (including phenoxy) is 1. The maximum atomic E-state index is 13.4. The number of likely N-dealkylation sites (tertiary alicyclic amines) is 1. The van der Waals surface area contributed by atoms with Crippen molar-refractivity contribution in [3.63, 3.8) is 0 Å². The lowest BCUT2D eigenvalue weighted by atomic mass is 9.84. The summed E-state index contributed by atoms with van der Waals surface area (Å²) in [6.45, 7) is 1.73. The van der Waals surface area contributed by atoms with Crippen LogP contribution in [0.15, 0.2) is 48.5 Å². The molecule has 1 aliphatic heterocycles. The predicted octanol–water partition coefficient (Wildman–Crippen LogP) is 5.83. The highest BCUT2D eigenvalue weighted by atomic mass is 32.1. The van der Waals surface area contributed by atoms with Crippen molar-refractivity contribution >= 4 is 17.2 Å². The molecule has 11 heteroatoms. The van der Waals surface area contributed by atoms with Gasteiger partial charge in [0.1, 0.15) is 0 Å². The summed E-state index contributed by atoms with van der Waals surface area (Å²) >= 11 is 5.12. The highest BCUT2D eigenvalue weighted by Crippen LogP contribution is 2.41. The van der Waals surface area contributed by atoms with Crippen LogP contribution in [-0.4, -0.2) is 40.8 Å². The molecule has 198 valence electrons. The molecule has 3 atom stereocenters. The minimum absolute atomic E-state index is 0.0644. The van der Waals surface area contributed by atoms with Crippen molar-refractivity contribution < 1.29 is 36.2 Å². The van der Waals surface area contributed by atoms with Crippen LogP contribution < -0.4 is 5.73 Å². The molecule has 36 heavy (non-hydrogen) atoms. The van der Waals surface area contributed by atoms with Gasteiger partial charge in [0.2, 0.25) is 0 Å². The number of alkyl halides is 6. The first kappa shape index (κ1) is 28.4. The van der Waals surface area contributed by atoms with Crippen LogP contribution in [0.4, 0.5) is 26.3 Å². The summed E-state index contributed by atoms with van der Waals surface area (Å²) in [5.41, 5.74) is 2.77. The van der Waals surface area contributed by atoms with E-state index >= 15 is 0 Å². The summed E-state index contributed by atoms with van der Waals surface area (Å²) in [4.78, 5) is 2.08. The standard InChI is InChI=1S/C25H28F6N2O2S/c1-16(17-10-19(24(26,27)28)12-20(11-17)25(29,30)31)35-15-23(18-6-3-2-4-7-18)9-5-8-21(34)13-33(23)14-22(32)36/h2-4,6-7,10-12,16,21,34H,5,8-9,13-15H2,1H3,(H2,32,36)/t16-,21+,23-/m1/s1. The Bertz CT molecular complexity index is 1010. The Hall–Kier alpha value is -2.21. The molecular formula is C25H28F6N2O2S. The first-order chi connectivity index (χ1) is 16.7. The molecule has 1 heterocycles. The average molecular weight is 535 g/mol. The van der Waals surface area contributed by atoms with Crippen molar-refractivity contribution in [3.8, 4) is 0 Å². The number of hydrogen-bond acceptors (Lipinski definition) is 4. The molecule has 0 aromatic heterocycles. The number of halogens is 6. The highest BCUT2D eigenvalue weighted by Gasteiger charge is 2.42. The number of aliphatic hydroxyl groups excluding tert-OH is 1. The number of thiocarbonyl (C=S) groups is 1. The summed E-state index contributed by atoms with van der Waals surface area (Å²) < 4.78 is 86.1. The van der Waals surface area contributed by atoms with Crippen LogP contribution in [0.3, 0.4) is 0 Å². The normalized spacial score (nSPS) is 22.7. The molecule has 4 nitrogen and oxygen atoms in total. The lowest BCUT2D eigenvalue weighted by Crippen LogP contribution is -2.53. The van der Waals surface area contributed by atoms with Crippen LogP contribution in [0.2, 0.25) is 0 Å². The Balaban J connectivity index is 2.00. The van der Waals surface area contributed by atoms with E-state index in [0.29, 0.717) is 31.4 Å². The van der Waals surface area contributed by atoms with Gasteiger partial charge in [-0.05, 0) is 55.5 Å². The molecule has 0 saturated carbocycles. The van der Waals surface area contributed by atoms with Gasteiger partial charge >= 0.3 is 12.4 Å². The minimum Gasteiger partial charge on any atom is -0.392 e. The largest absolute Gasteiger partial charge is 0.416 e. The Morgan fingerprint density at radius 2 is 1.69 bits per heavy atom. The number of β-amino-alcohol motifs (C(OH)–C–C–N with tert-alkyl or cyclic N) is 1. The van der Waals surface area contributed by atoms with E-state index in [9.17, 15) is 31.4 Å². The molecular weight excluding hydrogens is 506 g/mol.